The topological polar surface area (TPSA) is 202 Å². The van der Waals surface area contributed by atoms with Crippen LogP contribution in [-0.2, 0) is 52.1 Å². The zero-order valence-corrected chi connectivity index (χ0v) is 79.9. The van der Waals surface area contributed by atoms with E-state index in [1.165, 1.54) is 90.7 Å². The van der Waals surface area contributed by atoms with Crippen LogP contribution in [0.25, 0.3) is 0 Å². The fourth-order valence-electron chi connectivity index (χ4n) is 19.1. The predicted molar refractivity (Wildman–Crippen MR) is 529 cm³/mol. The summed E-state index contributed by atoms with van der Waals surface area (Å²) in [5.74, 6) is 9.27. The molecule has 12 aromatic rings. The molecule has 684 valence electrons. The summed E-state index contributed by atoms with van der Waals surface area (Å²) in [7, 11) is 4.43. The minimum absolute atomic E-state index is 0. The highest BCUT2D eigenvalue weighted by molar-refractivity contribution is 5.38. The SMILES string of the molecule is C.CC(C)[C@@H](c1ccccc1)c1cn(CCN)nn1.CC(C)[C@@H](c1ccccc1)c1cn(CCO)nn1.CC(C)[C@@H](c1ccccc1)c1cnnn1CCN.CC(C)[C@H]1CCCc2ccccc21.CC(C)[C@H]1CCCc2ccccc21.CC(C)[C@H]1CN(C)Cc2ccccc21.CC(C)[C@H]1CN(C)Cc2ccccc21.CCCn1nncc1[C@H](c1ccccc1)C(C)C. The van der Waals surface area contributed by atoms with Crippen LogP contribution in [0.4, 0.5) is 0 Å². The molecule has 127 heavy (non-hydrogen) atoms. The van der Waals surface area contributed by atoms with E-state index in [-0.39, 0.29) is 25.9 Å². The summed E-state index contributed by atoms with van der Waals surface area (Å²) < 4.78 is 7.46. The van der Waals surface area contributed by atoms with Crippen LogP contribution < -0.4 is 11.5 Å². The quantitative estimate of drug-likeness (QED) is 0.0516. The van der Waals surface area contributed by atoms with Crippen molar-refractivity contribution in [2.75, 3.05) is 46.9 Å². The molecule has 4 aromatic heterocycles. The number of nitrogens with zero attached hydrogens (tertiary/aromatic N) is 14. The normalized spacial score (nSPS) is 16.7. The van der Waals surface area contributed by atoms with Crippen molar-refractivity contribution in [2.24, 2.45) is 58.8 Å². The number of aliphatic hydroxyl groups excluding tert-OH is 1. The number of hydrogen-bond acceptors (Lipinski definition) is 13. The number of likely N-dealkylation sites (N-methyl/N-ethyl adjacent to an activating group) is 2. The molecule has 2 aliphatic carbocycles. The Balaban J connectivity index is 0.000000180. The standard InChI is InChI=1S/C15H21N3.2C14H20N4.C14H19N3O.2C13H19N.2C13H18.CH4/c1-4-10-18-14(11-16-17-18)15(12(2)3)13-8-6-5-7-9-13;1-11(2)14(12-6-4-3-5-7-12)13-10-18(9-8-15)17-16-13;1-11(2)14(12-6-4-3-5-7-12)13-10-16-17-18(13)9-8-15;1-11(2)14(12-6-4-3-5-7-12)13-10-17(8-9-18)16-15-13;2*1-10(2)13-9-14(3)8-11-6-4-5-7-12(11)13;2*1-10(2)12-9-5-7-11-6-3-4-8-13(11)12;/h5-9,11-12,15H,4,10H2,1-3H3;2*3-7,10-11,14H,8-9,15H2,1-2H3;3-7,10-11,14,18H,8-9H2,1-2H3;2*4-7,10,13H,8-9H2,1-3H3;2*3-4,6,8,10,12H,5,7,9H2,1-2H3;1H4/t15-;3*14-;2*13-;2*12-;/m00001111./s1. The van der Waals surface area contributed by atoms with E-state index < -0.39 is 0 Å². The molecule has 0 amide bonds. The van der Waals surface area contributed by atoms with Crippen molar-refractivity contribution in [1.29, 1.82) is 0 Å². The van der Waals surface area contributed by atoms with Crippen molar-refractivity contribution in [2.45, 2.75) is 257 Å². The first-order valence-corrected chi connectivity index (χ1v) is 47.3. The van der Waals surface area contributed by atoms with Gasteiger partial charge in [0, 0.05) is 81.9 Å². The number of aryl methyl sites for hydroxylation is 3. The summed E-state index contributed by atoms with van der Waals surface area (Å²) in [5, 5.41) is 42.0. The van der Waals surface area contributed by atoms with Crippen molar-refractivity contribution in [3.63, 3.8) is 0 Å². The maximum absolute atomic E-state index is 8.91. The lowest BCUT2D eigenvalue weighted by Gasteiger charge is -2.34. The van der Waals surface area contributed by atoms with Gasteiger partial charge in [-0.25, -0.2) is 14.0 Å². The summed E-state index contributed by atoms with van der Waals surface area (Å²) in [6, 6.07) is 77.6. The molecule has 6 heterocycles. The van der Waals surface area contributed by atoms with E-state index in [2.05, 4.69) is 371 Å². The van der Waals surface area contributed by atoms with E-state index in [1.54, 1.807) is 38.1 Å². The van der Waals surface area contributed by atoms with Gasteiger partial charge in [0.25, 0.3) is 0 Å². The van der Waals surface area contributed by atoms with Crippen molar-refractivity contribution in [1.82, 2.24) is 69.8 Å². The van der Waals surface area contributed by atoms with Gasteiger partial charge in [0.1, 0.15) is 0 Å². The van der Waals surface area contributed by atoms with Crippen LogP contribution in [0.3, 0.4) is 0 Å². The Bertz CT molecular complexity index is 4660. The molecule has 5 N–H and O–H groups in total. The van der Waals surface area contributed by atoms with E-state index in [9.17, 15) is 0 Å². The van der Waals surface area contributed by atoms with Crippen molar-refractivity contribution in [3.05, 3.63) is 333 Å². The number of aromatic nitrogens is 12. The summed E-state index contributed by atoms with van der Waals surface area (Å²) in [4.78, 5) is 4.85. The van der Waals surface area contributed by atoms with Gasteiger partial charge in [-0.3, -0.25) is 4.68 Å². The van der Waals surface area contributed by atoms with E-state index >= 15 is 0 Å². The minimum Gasteiger partial charge on any atom is -0.394 e. The largest absolute Gasteiger partial charge is 0.394 e. The number of nitrogens with two attached hydrogens (primary N) is 2. The van der Waals surface area contributed by atoms with Crippen LogP contribution >= 0.6 is 0 Å². The summed E-state index contributed by atoms with van der Waals surface area (Å²) in [5.41, 5.74) is 33.2. The lowest BCUT2D eigenvalue weighted by Crippen LogP contribution is -2.32. The molecule has 8 atom stereocenters. The van der Waals surface area contributed by atoms with Crippen molar-refractivity contribution >= 4 is 0 Å². The second-order valence-electron chi connectivity index (χ2n) is 37.8. The third-order valence-electron chi connectivity index (χ3n) is 25.3. The summed E-state index contributed by atoms with van der Waals surface area (Å²) >= 11 is 0. The van der Waals surface area contributed by atoms with Gasteiger partial charge in [-0.2, -0.15) is 0 Å². The predicted octanol–water partition coefficient (Wildman–Crippen LogP) is 23.5. The zero-order valence-electron chi connectivity index (χ0n) is 79.9. The molecule has 2 aliphatic heterocycles. The van der Waals surface area contributed by atoms with Gasteiger partial charge in [0.2, 0.25) is 0 Å². The molecular weight excluding hydrogens is 1560 g/mol. The summed E-state index contributed by atoms with van der Waals surface area (Å²) in [6.07, 6.45) is 16.9. The Morgan fingerprint density at radius 1 is 0.354 bits per heavy atom. The van der Waals surface area contributed by atoms with Crippen LogP contribution in [0.1, 0.15) is 294 Å². The molecule has 17 heteroatoms. The van der Waals surface area contributed by atoms with Crippen molar-refractivity contribution < 1.29 is 5.11 Å². The number of fused-ring (bicyclic) bond motifs is 4. The zero-order chi connectivity index (χ0) is 90.6. The van der Waals surface area contributed by atoms with E-state index in [0.29, 0.717) is 80.1 Å². The van der Waals surface area contributed by atoms with E-state index in [4.69, 9.17) is 16.6 Å². The lowest BCUT2D eigenvalue weighted by atomic mass is 9.77. The molecule has 0 fully saturated rings. The first-order chi connectivity index (χ1) is 60.9. The molecule has 0 radical (unpaired) electrons. The Kier molecular flexibility index (Phi) is 42.9. The van der Waals surface area contributed by atoms with E-state index in [0.717, 1.165) is 78.6 Å². The van der Waals surface area contributed by atoms with Crippen LogP contribution in [0.5, 0.6) is 0 Å². The minimum atomic E-state index is 0. The Morgan fingerprint density at radius 3 is 0.969 bits per heavy atom. The fourth-order valence-corrected chi connectivity index (χ4v) is 19.1. The molecule has 17 nitrogen and oxygen atoms in total. The van der Waals surface area contributed by atoms with Gasteiger partial charge in [-0.05, 0) is 197 Å². The van der Waals surface area contributed by atoms with Crippen LogP contribution in [0.15, 0.2) is 243 Å². The highest BCUT2D eigenvalue weighted by Gasteiger charge is 2.30. The smallest absolute Gasteiger partial charge is 0.0904 e. The number of rotatable bonds is 24. The molecule has 0 unspecified atom stereocenters. The second-order valence-corrected chi connectivity index (χ2v) is 37.8. The first-order valence-electron chi connectivity index (χ1n) is 47.3. The highest BCUT2D eigenvalue weighted by Crippen LogP contribution is 2.41. The Morgan fingerprint density at radius 2 is 0.654 bits per heavy atom. The van der Waals surface area contributed by atoms with Crippen LogP contribution in [0.2, 0.25) is 0 Å². The van der Waals surface area contributed by atoms with Gasteiger partial charge in [0.15, 0.2) is 0 Å². The molecule has 0 saturated heterocycles. The highest BCUT2D eigenvalue weighted by atomic mass is 16.3. The van der Waals surface area contributed by atoms with Gasteiger partial charge in [0.05, 0.1) is 61.4 Å². The third kappa shape index (κ3) is 30.1. The van der Waals surface area contributed by atoms with Gasteiger partial charge >= 0.3 is 0 Å². The molecule has 0 spiro atoms. The maximum Gasteiger partial charge on any atom is 0.0904 e. The number of benzene rings is 8. The molecular formula is C110H158N16O. The molecule has 16 rings (SSSR count). The van der Waals surface area contributed by atoms with Crippen LogP contribution in [0, 0.1) is 47.3 Å². The number of aliphatic hydroxyl groups is 1. The molecule has 8 aromatic carbocycles. The average Bonchev–Trinajstić information content (AvgIpc) is 1.58. The van der Waals surface area contributed by atoms with Crippen LogP contribution in [-0.4, -0.2) is 122 Å². The molecule has 4 aliphatic rings. The Hall–Kier alpha value is -9.88. The van der Waals surface area contributed by atoms with Gasteiger partial charge in [-0.15, -0.1) is 20.4 Å². The van der Waals surface area contributed by atoms with Gasteiger partial charge in [-0.1, -0.05) is 364 Å². The average molecular weight is 1720 g/mol. The fraction of sp³-hybridized carbons (Fsp3) is 0.491. The van der Waals surface area contributed by atoms with E-state index in [1.807, 2.05) is 69.2 Å². The van der Waals surface area contributed by atoms with Gasteiger partial charge < -0.3 is 26.4 Å². The number of hydrogen-bond donors (Lipinski definition) is 3. The third-order valence-corrected chi connectivity index (χ3v) is 25.3. The maximum atomic E-state index is 8.91. The molecule has 0 bridgehead atoms. The first kappa shape index (κ1) is 103. The lowest BCUT2D eigenvalue weighted by molar-refractivity contribution is 0.253. The Labute approximate surface area is 765 Å². The summed E-state index contributed by atoms with van der Waals surface area (Å²) in [6.45, 7) is 47.3. The van der Waals surface area contributed by atoms with Crippen molar-refractivity contribution in [3.8, 4) is 0 Å². The monoisotopic (exact) mass is 1720 g/mol. The molecule has 0 saturated carbocycles. The second kappa shape index (κ2) is 53.2.